The lowest BCUT2D eigenvalue weighted by molar-refractivity contribution is -0.122. The van der Waals surface area contributed by atoms with E-state index in [2.05, 4.69) is 69.4 Å². The molecule has 2 amide bonds. The van der Waals surface area contributed by atoms with Crippen molar-refractivity contribution in [1.82, 2.24) is 9.78 Å². The summed E-state index contributed by atoms with van der Waals surface area (Å²) in [6.45, 7) is 16.3. The number of halogens is 6. The van der Waals surface area contributed by atoms with Gasteiger partial charge in [-0.05, 0) is 66.8 Å². The van der Waals surface area contributed by atoms with E-state index in [-0.39, 0.29) is 69.3 Å². The van der Waals surface area contributed by atoms with Crippen LogP contribution in [0.3, 0.4) is 0 Å². The van der Waals surface area contributed by atoms with Gasteiger partial charge >= 0.3 is 0 Å². The van der Waals surface area contributed by atoms with E-state index in [1.54, 1.807) is 6.07 Å². The highest BCUT2D eigenvalue weighted by atomic mass is 35.5. The van der Waals surface area contributed by atoms with Gasteiger partial charge in [-0.25, -0.2) is 4.68 Å². The number of carbonyl (C=O) groups excluding carboxylic acids is 2. The van der Waals surface area contributed by atoms with Gasteiger partial charge in [-0.3, -0.25) is 19.5 Å². The highest BCUT2D eigenvalue weighted by Crippen LogP contribution is 2.45. The van der Waals surface area contributed by atoms with Crippen LogP contribution in [-0.2, 0) is 15.6 Å². The van der Waals surface area contributed by atoms with Crippen molar-refractivity contribution in [2.45, 2.75) is 91.6 Å². The average Bonchev–Trinajstić information content (AvgIpc) is 3.37. The monoisotopic (exact) mass is 814 g/mol. The first kappa shape index (κ1) is 40.9. The number of aromatic amines is 1. The largest absolute Gasteiger partial charge is 0.480 e. The topological polar surface area (TPSA) is 105 Å². The molecule has 0 fully saturated rings. The number of carbonyl (C=O) groups is 2. The molecule has 1 unspecified atom stereocenters. The zero-order valence-corrected chi connectivity index (χ0v) is 34.0. The van der Waals surface area contributed by atoms with Crippen LogP contribution in [0.1, 0.15) is 94.8 Å². The molecule has 3 N–H and O–H groups in total. The molecule has 0 aliphatic heterocycles. The predicted octanol–water partition coefficient (Wildman–Crippen LogP) is 11.8. The van der Waals surface area contributed by atoms with Gasteiger partial charge in [-0.15, -0.1) is 0 Å². The van der Waals surface area contributed by atoms with Gasteiger partial charge in [0.1, 0.15) is 17.3 Å². The van der Waals surface area contributed by atoms with Crippen LogP contribution in [0.4, 0.5) is 11.5 Å². The highest BCUT2D eigenvalue weighted by Gasteiger charge is 2.30. The minimum absolute atomic E-state index is 0.0205. The Bertz CT molecular complexity index is 2020. The van der Waals surface area contributed by atoms with Gasteiger partial charge in [0.05, 0.1) is 41.9 Å². The number of nitrogens with one attached hydrogen (secondary N) is 3. The second kappa shape index (κ2) is 16.0. The van der Waals surface area contributed by atoms with E-state index >= 15 is 0 Å². The number of H-pyrrole nitrogens is 1. The van der Waals surface area contributed by atoms with Crippen LogP contribution in [0.25, 0.3) is 5.69 Å². The van der Waals surface area contributed by atoms with Gasteiger partial charge in [0.2, 0.25) is 0 Å². The Morgan fingerprint density at radius 3 is 1.98 bits per heavy atom. The molecule has 274 valence electrons. The minimum atomic E-state index is -0.881. The maximum atomic E-state index is 13.8. The summed E-state index contributed by atoms with van der Waals surface area (Å²) in [6, 6.07) is 10.7. The molecule has 0 radical (unpaired) electrons. The molecule has 0 bridgehead atoms. The molecule has 1 atom stereocenters. The number of hydrogen-bond acceptors (Lipinski definition) is 4. The molecule has 8 nitrogen and oxygen atoms in total. The third-order valence-electron chi connectivity index (χ3n) is 9.45. The minimum Gasteiger partial charge on any atom is -0.480 e. The van der Waals surface area contributed by atoms with E-state index in [0.717, 1.165) is 23.1 Å². The summed E-state index contributed by atoms with van der Waals surface area (Å²) in [5, 5.41) is 8.01. The van der Waals surface area contributed by atoms with Crippen LogP contribution in [-0.4, -0.2) is 27.7 Å². The fraction of sp³-hybridized carbons (Fsp3) is 0.378. The van der Waals surface area contributed by atoms with E-state index in [9.17, 15) is 14.4 Å². The Labute approximate surface area is 328 Å². The van der Waals surface area contributed by atoms with Gasteiger partial charge in [-0.2, -0.15) is 0 Å². The molecule has 0 aliphatic carbocycles. The second-order valence-corrected chi connectivity index (χ2v) is 15.8. The lowest BCUT2D eigenvalue weighted by Crippen LogP contribution is -2.34. The van der Waals surface area contributed by atoms with Crippen molar-refractivity contribution in [3.63, 3.8) is 0 Å². The Morgan fingerprint density at radius 1 is 0.824 bits per heavy atom. The smallest absolute Gasteiger partial charge is 0.276 e. The third-order valence-corrected chi connectivity index (χ3v) is 11.9. The fourth-order valence-electron chi connectivity index (χ4n) is 5.25. The first-order valence-corrected chi connectivity index (χ1v) is 18.6. The van der Waals surface area contributed by atoms with Crippen LogP contribution in [0.15, 0.2) is 41.2 Å². The maximum Gasteiger partial charge on any atom is 0.276 e. The Balaban J connectivity index is 1.65. The summed E-state index contributed by atoms with van der Waals surface area (Å²) in [4.78, 5) is 40.8. The van der Waals surface area contributed by atoms with Crippen LogP contribution in [0.5, 0.6) is 5.75 Å². The van der Waals surface area contributed by atoms with Crippen molar-refractivity contribution in [2.75, 3.05) is 10.6 Å². The van der Waals surface area contributed by atoms with Crippen LogP contribution >= 0.6 is 69.6 Å². The molecular formula is C37H40Cl6N4O4. The summed E-state index contributed by atoms with van der Waals surface area (Å²) in [7, 11) is 0. The van der Waals surface area contributed by atoms with E-state index in [1.165, 1.54) is 24.6 Å². The normalized spacial score (nSPS) is 12.5. The summed E-state index contributed by atoms with van der Waals surface area (Å²) < 4.78 is 7.42. The fourth-order valence-corrected chi connectivity index (χ4v) is 6.72. The Kier molecular flexibility index (Phi) is 12.9. The number of ether oxygens (including phenoxy) is 1. The number of amides is 2. The van der Waals surface area contributed by atoms with E-state index in [0.29, 0.717) is 12.2 Å². The van der Waals surface area contributed by atoms with Crippen molar-refractivity contribution in [2.24, 2.45) is 0 Å². The molecule has 1 heterocycles. The predicted molar refractivity (Wildman–Crippen MR) is 212 cm³/mol. The van der Waals surface area contributed by atoms with Crippen molar-refractivity contribution in [3.05, 3.63) is 99.1 Å². The number of rotatable bonds is 12. The van der Waals surface area contributed by atoms with E-state index in [4.69, 9.17) is 74.3 Å². The summed E-state index contributed by atoms with van der Waals surface area (Å²) in [5.74, 6) is -0.486. The summed E-state index contributed by atoms with van der Waals surface area (Å²) >= 11 is 37.7. The standard InChI is InChI=1S/C37H40Cl6N4O4/c1-9-24(51-25-15-12-19(36(5,6)10-2)16-22(25)37(7,8)11-3)34(49)44-23-14-13-20(38)17-21(23)33(48)45-32-18(4)35(50)47(46-32)31-29(42)27(40)26(39)28(41)30(31)43/h12-17,24,46H,9-11H2,1-8H3,(H,44,49)(H,45,48). The average molecular weight is 817 g/mol. The number of benzene rings is 3. The summed E-state index contributed by atoms with van der Waals surface area (Å²) in [5.41, 5.74) is 1.65. The quantitative estimate of drug-likeness (QED) is 0.0978. The molecule has 51 heavy (non-hydrogen) atoms. The molecule has 14 heteroatoms. The van der Waals surface area contributed by atoms with Crippen LogP contribution in [0, 0.1) is 6.92 Å². The highest BCUT2D eigenvalue weighted by molar-refractivity contribution is 6.56. The van der Waals surface area contributed by atoms with E-state index in [1.807, 2.05) is 13.0 Å². The maximum absolute atomic E-state index is 13.8. The first-order valence-electron chi connectivity index (χ1n) is 16.4. The van der Waals surface area contributed by atoms with Gasteiger partial charge < -0.3 is 15.4 Å². The van der Waals surface area contributed by atoms with Gasteiger partial charge in [0.25, 0.3) is 17.4 Å². The Hall–Kier alpha value is -2.85. The van der Waals surface area contributed by atoms with Crippen LogP contribution < -0.4 is 20.9 Å². The van der Waals surface area contributed by atoms with Crippen molar-refractivity contribution in [1.29, 1.82) is 0 Å². The molecule has 0 aliphatic rings. The Morgan fingerprint density at radius 2 is 1.41 bits per heavy atom. The molecule has 0 spiro atoms. The number of anilines is 2. The van der Waals surface area contributed by atoms with Gasteiger partial charge in [0.15, 0.2) is 6.10 Å². The second-order valence-electron chi connectivity index (χ2n) is 13.5. The van der Waals surface area contributed by atoms with Crippen molar-refractivity contribution >= 4 is 92.9 Å². The van der Waals surface area contributed by atoms with Gasteiger partial charge in [0, 0.05) is 10.6 Å². The molecule has 0 saturated carbocycles. The molecular weight excluding hydrogens is 777 g/mol. The number of hydrogen-bond donors (Lipinski definition) is 3. The number of nitrogens with zero attached hydrogens (tertiary/aromatic N) is 1. The molecule has 4 rings (SSSR count). The molecule has 4 aromatic rings. The molecule has 1 aromatic heterocycles. The zero-order chi connectivity index (χ0) is 38.2. The SMILES string of the molecule is CCC(Oc1ccc(C(C)(C)CC)cc1C(C)(C)CC)C(=O)Nc1ccc(Cl)cc1C(=O)Nc1[nH]n(-c2c(Cl)c(Cl)c(Cl)c(Cl)c2Cl)c(=O)c1C. The summed E-state index contributed by atoms with van der Waals surface area (Å²) in [6.07, 6.45) is 1.30. The van der Waals surface area contributed by atoms with Crippen LogP contribution in [0.2, 0.25) is 30.1 Å². The van der Waals surface area contributed by atoms with E-state index < -0.39 is 23.5 Å². The molecule has 3 aromatic carbocycles. The lowest BCUT2D eigenvalue weighted by atomic mass is 9.76. The lowest BCUT2D eigenvalue weighted by Gasteiger charge is -2.31. The number of aromatic nitrogens is 2. The van der Waals surface area contributed by atoms with Gasteiger partial charge in [-0.1, -0.05) is 130 Å². The van der Waals surface area contributed by atoms with Crippen molar-refractivity contribution in [3.8, 4) is 11.4 Å². The zero-order valence-electron chi connectivity index (χ0n) is 29.5. The first-order chi connectivity index (χ1) is 23.8. The molecule has 0 saturated heterocycles. The third kappa shape index (κ3) is 8.37. The van der Waals surface area contributed by atoms with Crippen molar-refractivity contribution < 1.29 is 14.3 Å².